The lowest BCUT2D eigenvalue weighted by molar-refractivity contribution is -0.123. The van der Waals surface area contributed by atoms with Gasteiger partial charge < -0.3 is 9.47 Å². The van der Waals surface area contributed by atoms with E-state index in [4.69, 9.17) is 9.47 Å². The van der Waals surface area contributed by atoms with Gasteiger partial charge in [-0.25, -0.2) is 10.2 Å². The van der Waals surface area contributed by atoms with Gasteiger partial charge in [0.25, 0.3) is 5.91 Å². The summed E-state index contributed by atoms with van der Waals surface area (Å²) in [5, 5.41) is 3.95. The first-order chi connectivity index (χ1) is 14.9. The normalized spacial score (nSPS) is 10.7. The third-order valence-corrected chi connectivity index (χ3v) is 4.92. The first-order valence-corrected chi connectivity index (χ1v) is 10.3. The number of carbonyl (C=O) groups excluding carboxylic acids is 2. The van der Waals surface area contributed by atoms with E-state index in [2.05, 4.69) is 26.5 Å². The number of ether oxygens (including phenoxy) is 2. The van der Waals surface area contributed by atoms with Gasteiger partial charge in [-0.2, -0.15) is 5.10 Å². The molecular formula is C24H21BrN2O4. The van der Waals surface area contributed by atoms with Crippen molar-refractivity contribution in [2.45, 2.75) is 13.8 Å². The molecule has 31 heavy (non-hydrogen) atoms. The largest absolute Gasteiger partial charge is 0.484 e. The molecule has 0 aliphatic carbocycles. The van der Waals surface area contributed by atoms with Crippen LogP contribution in [0.15, 0.2) is 76.3 Å². The van der Waals surface area contributed by atoms with E-state index in [0.29, 0.717) is 22.6 Å². The van der Waals surface area contributed by atoms with E-state index in [1.807, 2.05) is 38.1 Å². The van der Waals surface area contributed by atoms with Crippen LogP contribution in [-0.2, 0) is 4.79 Å². The number of rotatable bonds is 7. The molecule has 0 heterocycles. The van der Waals surface area contributed by atoms with Gasteiger partial charge in [0.2, 0.25) is 0 Å². The molecular weight excluding hydrogens is 460 g/mol. The molecule has 3 rings (SSSR count). The molecule has 0 aliphatic rings. The summed E-state index contributed by atoms with van der Waals surface area (Å²) in [5.41, 5.74) is 5.60. The van der Waals surface area contributed by atoms with E-state index in [1.54, 1.807) is 42.5 Å². The van der Waals surface area contributed by atoms with Crippen molar-refractivity contribution in [2.75, 3.05) is 6.61 Å². The van der Waals surface area contributed by atoms with Gasteiger partial charge in [0.1, 0.15) is 11.5 Å². The zero-order valence-electron chi connectivity index (χ0n) is 17.1. The van der Waals surface area contributed by atoms with E-state index in [-0.39, 0.29) is 6.61 Å². The molecule has 0 atom stereocenters. The summed E-state index contributed by atoms with van der Waals surface area (Å²) in [6, 6.07) is 19.4. The lowest BCUT2D eigenvalue weighted by Crippen LogP contribution is -2.24. The van der Waals surface area contributed by atoms with Crippen LogP contribution in [0, 0.1) is 13.8 Å². The standard InChI is InChI=1S/C24H21BrN2O4/c1-16-8-10-21(12-17(16)2)30-15-23(28)27-26-14-19-13-20(25)9-11-22(19)31-24(29)18-6-4-3-5-7-18/h3-14H,15H2,1-2H3,(H,27,28)/b26-14-. The molecule has 1 amide bonds. The van der Waals surface area contributed by atoms with Gasteiger partial charge in [-0.3, -0.25) is 4.79 Å². The van der Waals surface area contributed by atoms with Crippen LogP contribution in [0.25, 0.3) is 0 Å². The molecule has 0 fully saturated rings. The number of nitrogens with zero attached hydrogens (tertiary/aromatic N) is 1. The Morgan fingerprint density at radius 3 is 2.52 bits per heavy atom. The molecule has 0 bridgehead atoms. The van der Waals surface area contributed by atoms with E-state index in [0.717, 1.165) is 15.6 Å². The Bertz CT molecular complexity index is 1110. The second kappa shape index (κ2) is 10.5. The van der Waals surface area contributed by atoms with Crippen molar-refractivity contribution in [1.29, 1.82) is 0 Å². The number of hydrogen-bond acceptors (Lipinski definition) is 5. The molecule has 0 aromatic heterocycles. The number of esters is 1. The van der Waals surface area contributed by atoms with Crippen LogP contribution in [0.3, 0.4) is 0 Å². The van der Waals surface area contributed by atoms with Gasteiger partial charge in [-0.05, 0) is 67.4 Å². The van der Waals surface area contributed by atoms with E-state index >= 15 is 0 Å². The van der Waals surface area contributed by atoms with E-state index < -0.39 is 11.9 Å². The highest BCUT2D eigenvalue weighted by Crippen LogP contribution is 2.23. The van der Waals surface area contributed by atoms with Crippen molar-refractivity contribution in [3.8, 4) is 11.5 Å². The van der Waals surface area contributed by atoms with Crippen molar-refractivity contribution in [3.63, 3.8) is 0 Å². The minimum atomic E-state index is -0.483. The van der Waals surface area contributed by atoms with Crippen LogP contribution in [0.5, 0.6) is 11.5 Å². The summed E-state index contributed by atoms with van der Waals surface area (Å²) in [7, 11) is 0. The summed E-state index contributed by atoms with van der Waals surface area (Å²) in [4.78, 5) is 24.4. The third-order valence-electron chi connectivity index (χ3n) is 4.43. The maximum atomic E-state index is 12.3. The van der Waals surface area contributed by atoms with Crippen LogP contribution in [0.1, 0.15) is 27.0 Å². The van der Waals surface area contributed by atoms with Gasteiger partial charge in [-0.15, -0.1) is 0 Å². The lowest BCUT2D eigenvalue weighted by atomic mass is 10.1. The fourth-order valence-corrected chi connectivity index (χ4v) is 2.98. The smallest absolute Gasteiger partial charge is 0.343 e. The summed E-state index contributed by atoms with van der Waals surface area (Å²) >= 11 is 3.38. The van der Waals surface area contributed by atoms with Crippen LogP contribution in [0.2, 0.25) is 0 Å². The lowest BCUT2D eigenvalue weighted by Gasteiger charge is -2.08. The zero-order valence-corrected chi connectivity index (χ0v) is 18.7. The maximum Gasteiger partial charge on any atom is 0.343 e. The highest BCUT2D eigenvalue weighted by molar-refractivity contribution is 9.10. The second-order valence-electron chi connectivity index (χ2n) is 6.77. The summed E-state index contributed by atoms with van der Waals surface area (Å²) in [5.74, 6) is 0.0430. The van der Waals surface area contributed by atoms with Crippen molar-refractivity contribution < 1.29 is 19.1 Å². The quantitative estimate of drug-likeness (QED) is 0.227. The molecule has 0 spiro atoms. The van der Waals surface area contributed by atoms with Gasteiger partial charge in [-0.1, -0.05) is 40.2 Å². The minimum Gasteiger partial charge on any atom is -0.484 e. The molecule has 6 nitrogen and oxygen atoms in total. The first kappa shape index (κ1) is 22.2. The summed E-state index contributed by atoms with van der Waals surface area (Å²) in [6.07, 6.45) is 1.41. The topological polar surface area (TPSA) is 77.0 Å². The molecule has 0 saturated carbocycles. The number of hydrazone groups is 1. The SMILES string of the molecule is Cc1ccc(OCC(=O)N/N=C\c2cc(Br)ccc2OC(=O)c2ccccc2)cc1C. The monoisotopic (exact) mass is 480 g/mol. The van der Waals surface area contributed by atoms with Gasteiger partial charge in [0.15, 0.2) is 6.61 Å². The molecule has 0 aliphatic heterocycles. The third kappa shape index (κ3) is 6.52. The van der Waals surface area contributed by atoms with Crippen LogP contribution in [0.4, 0.5) is 0 Å². The summed E-state index contributed by atoms with van der Waals surface area (Å²) < 4.78 is 11.7. The molecule has 3 aromatic rings. The van der Waals surface area contributed by atoms with Gasteiger partial charge in [0, 0.05) is 10.0 Å². The van der Waals surface area contributed by atoms with Crippen LogP contribution in [-0.4, -0.2) is 24.7 Å². The molecule has 0 radical (unpaired) electrons. The Balaban J connectivity index is 1.60. The molecule has 7 heteroatoms. The van der Waals surface area contributed by atoms with Gasteiger partial charge in [0.05, 0.1) is 11.8 Å². The fourth-order valence-electron chi connectivity index (χ4n) is 2.60. The Hall–Kier alpha value is -3.45. The highest BCUT2D eigenvalue weighted by Gasteiger charge is 2.11. The van der Waals surface area contributed by atoms with Crippen molar-refractivity contribution in [3.05, 3.63) is 93.5 Å². The van der Waals surface area contributed by atoms with E-state index in [1.165, 1.54) is 6.21 Å². The number of benzene rings is 3. The maximum absolute atomic E-state index is 12.3. The Morgan fingerprint density at radius 1 is 1.00 bits per heavy atom. The first-order valence-electron chi connectivity index (χ1n) is 9.51. The Morgan fingerprint density at radius 2 is 1.77 bits per heavy atom. The molecule has 158 valence electrons. The average Bonchev–Trinajstić information content (AvgIpc) is 2.77. The number of halogens is 1. The number of carbonyl (C=O) groups is 2. The molecule has 1 N–H and O–H groups in total. The predicted octanol–water partition coefficient (Wildman–Crippen LogP) is 4.81. The number of amides is 1. The molecule has 3 aromatic carbocycles. The highest BCUT2D eigenvalue weighted by atomic mass is 79.9. The minimum absolute atomic E-state index is 0.172. The van der Waals surface area contributed by atoms with E-state index in [9.17, 15) is 9.59 Å². The predicted molar refractivity (Wildman–Crippen MR) is 123 cm³/mol. The molecule has 0 unspecified atom stereocenters. The second-order valence-corrected chi connectivity index (χ2v) is 7.68. The number of hydrogen-bond donors (Lipinski definition) is 1. The average molecular weight is 481 g/mol. The van der Waals surface area contributed by atoms with Crippen molar-refractivity contribution in [1.82, 2.24) is 5.43 Å². The van der Waals surface area contributed by atoms with Crippen molar-refractivity contribution in [2.24, 2.45) is 5.10 Å². The van der Waals surface area contributed by atoms with Crippen LogP contribution >= 0.6 is 15.9 Å². The number of aryl methyl sites for hydroxylation is 2. The van der Waals surface area contributed by atoms with Crippen molar-refractivity contribution >= 4 is 34.0 Å². The molecule has 0 saturated heterocycles. The van der Waals surface area contributed by atoms with Crippen LogP contribution < -0.4 is 14.9 Å². The summed E-state index contributed by atoms with van der Waals surface area (Å²) in [6.45, 7) is 3.81. The van der Waals surface area contributed by atoms with Gasteiger partial charge >= 0.3 is 5.97 Å². The Kier molecular flexibility index (Phi) is 7.56. The fraction of sp³-hybridized carbons (Fsp3) is 0.125. The Labute approximate surface area is 189 Å². The number of nitrogens with one attached hydrogen (secondary N) is 1. The zero-order chi connectivity index (χ0) is 22.2.